The number of alkyl halides is 2. The Hall–Kier alpha value is -0.220. The van der Waals surface area contributed by atoms with Crippen LogP contribution in [0.5, 0.6) is 0 Å². The van der Waals surface area contributed by atoms with Gasteiger partial charge in [0.05, 0.1) is 12.6 Å². The van der Waals surface area contributed by atoms with Gasteiger partial charge in [-0.1, -0.05) is 13.8 Å². The van der Waals surface area contributed by atoms with Crippen molar-refractivity contribution >= 4 is 0 Å². The van der Waals surface area contributed by atoms with Gasteiger partial charge in [-0.25, -0.2) is 8.78 Å². The van der Waals surface area contributed by atoms with Crippen LogP contribution in [0.1, 0.15) is 26.7 Å². The van der Waals surface area contributed by atoms with Crippen molar-refractivity contribution in [2.24, 2.45) is 5.41 Å². The van der Waals surface area contributed by atoms with Gasteiger partial charge in [0.25, 0.3) is 6.43 Å². The van der Waals surface area contributed by atoms with E-state index < -0.39 is 12.5 Å². The van der Waals surface area contributed by atoms with E-state index in [1.165, 1.54) is 0 Å². The highest BCUT2D eigenvalue weighted by atomic mass is 19.3. The molecule has 1 rings (SSSR count). The van der Waals surface area contributed by atoms with Gasteiger partial charge in [0, 0.05) is 6.04 Å². The van der Waals surface area contributed by atoms with Crippen LogP contribution >= 0.6 is 0 Å². The average molecular weight is 207 g/mol. The lowest BCUT2D eigenvalue weighted by Crippen LogP contribution is -2.43. The second-order valence-electron chi connectivity index (χ2n) is 4.87. The topological polar surface area (TPSA) is 23.5 Å². The number of hydrogen-bond donors (Lipinski definition) is 1. The Morgan fingerprint density at radius 2 is 2.07 bits per heavy atom. The SMILES string of the molecule is CN(CC(F)F)C1CCC(C)(C)C1O. The average Bonchev–Trinajstić information content (AvgIpc) is 2.26. The van der Waals surface area contributed by atoms with E-state index in [9.17, 15) is 13.9 Å². The van der Waals surface area contributed by atoms with Crippen molar-refractivity contribution in [1.29, 1.82) is 0 Å². The summed E-state index contributed by atoms with van der Waals surface area (Å²) in [5.41, 5.74) is -0.138. The van der Waals surface area contributed by atoms with Gasteiger partial charge in [-0.15, -0.1) is 0 Å². The van der Waals surface area contributed by atoms with Crippen LogP contribution in [0.25, 0.3) is 0 Å². The Morgan fingerprint density at radius 1 is 1.50 bits per heavy atom. The number of nitrogens with zero attached hydrogens (tertiary/aromatic N) is 1. The van der Waals surface area contributed by atoms with Crippen LogP contribution in [-0.4, -0.2) is 42.2 Å². The summed E-state index contributed by atoms with van der Waals surface area (Å²) in [5, 5.41) is 9.91. The van der Waals surface area contributed by atoms with Crippen molar-refractivity contribution in [1.82, 2.24) is 4.90 Å². The predicted octanol–water partition coefficient (Wildman–Crippen LogP) is 1.73. The zero-order chi connectivity index (χ0) is 10.9. The van der Waals surface area contributed by atoms with E-state index in [0.29, 0.717) is 0 Å². The molecule has 0 aromatic heterocycles. The van der Waals surface area contributed by atoms with Crippen LogP contribution in [0, 0.1) is 5.41 Å². The largest absolute Gasteiger partial charge is 0.391 e. The summed E-state index contributed by atoms with van der Waals surface area (Å²) in [6, 6.07) is -0.112. The van der Waals surface area contributed by atoms with E-state index in [1.807, 2.05) is 13.8 Å². The van der Waals surface area contributed by atoms with Gasteiger partial charge in [-0.05, 0) is 25.3 Å². The molecule has 1 aliphatic rings. The van der Waals surface area contributed by atoms with Gasteiger partial charge < -0.3 is 5.11 Å². The zero-order valence-electron chi connectivity index (χ0n) is 9.00. The highest BCUT2D eigenvalue weighted by molar-refractivity contribution is 4.95. The second-order valence-corrected chi connectivity index (χ2v) is 4.87. The van der Waals surface area contributed by atoms with Gasteiger partial charge in [0.15, 0.2) is 0 Å². The molecule has 4 heteroatoms. The van der Waals surface area contributed by atoms with Gasteiger partial charge >= 0.3 is 0 Å². The second kappa shape index (κ2) is 4.11. The monoisotopic (exact) mass is 207 g/mol. The van der Waals surface area contributed by atoms with Crippen LogP contribution in [0.15, 0.2) is 0 Å². The number of aliphatic hydroxyl groups excluding tert-OH is 1. The standard InChI is InChI=1S/C10H19F2NO/c1-10(2)5-4-7(9(10)14)13(3)6-8(11)12/h7-9,14H,4-6H2,1-3H3. The maximum atomic E-state index is 12.1. The van der Waals surface area contributed by atoms with E-state index >= 15 is 0 Å². The Morgan fingerprint density at radius 3 is 2.43 bits per heavy atom. The minimum Gasteiger partial charge on any atom is -0.391 e. The summed E-state index contributed by atoms with van der Waals surface area (Å²) >= 11 is 0. The summed E-state index contributed by atoms with van der Waals surface area (Å²) in [7, 11) is 1.65. The van der Waals surface area contributed by atoms with Crippen LogP contribution in [0.3, 0.4) is 0 Å². The molecular weight excluding hydrogens is 188 g/mol. The first-order valence-electron chi connectivity index (χ1n) is 5.01. The van der Waals surface area contributed by atoms with E-state index in [0.717, 1.165) is 12.8 Å². The molecule has 0 radical (unpaired) electrons. The number of aliphatic hydroxyl groups is 1. The third-order valence-corrected chi connectivity index (χ3v) is 3.24. The number of rotatable bonds is 3. The normalized spacial score (nSPS) is 31.7. The van der Waals surface area contributed by atoms with Gasteiger partial charge in [-0.2, -0.15) is 0 Å². The lowest BCUT2D eigenvalue weighted by molar-refractivity contribution is 0.00287. The Balaban J connectivity index is 2.54. The van der Waals surface area contributed by atoms with Crippen molar-refractivity contribution < 1.29 is 13.9 Å². The van der Waals surface area contributed by atoms with Crippen LogP contribution < -0.4 is 0 Å². The first-order valence-corrected chi connectivity index (χ1v) is 5.01. The number of likely N-dealkylation sites (N-methyl/N-ethyl adjacent to an activating group) is 1. The Kier molecular flexibility index (Phi) is 3.48. The fraction of sp³-hybridized carbons (Fsp3) is 1.00. The molecule has 14 heavy (non-hydrogen) atoms. The molecular formula is C10H19F2NO. The molecule has 84 valence electrons. The molecule has 0 aromatic carbocycles. The van der Waals surface area contributed by atoms with Crippen molar-refractivity contribution in [2.45, 2.75) is 45.3 Å². The lowest BCUT2D eigenvalue weighted by Gasteiger charge is -2.31. The Bertz CT molecular complexity index is 197. The number of halogens is 2. The fourth-order valence-corrected chi connectivity index (χ4v) is 2.16. The molecule has 0 saturated heterocycles. The highest BCUT2D eigenvalue weighted by Crippen LogP contribution is 2.39. The maximum Gasteiger partial charge on any atom is 0.251 e. The summed E-state index contributed by atoms with van der Waals surface area (Å²) < 4.78 is 24.3. The maximum absolute atomic E-state index is 12.1. The van der Waals surface area contributed by atoms with Crippen molar-refractivity contribution in [3.8, 4) is 0 Å². The molecule has 0 heterocycles. The lowest BCUT2D eigenvalue weighted by atomic mass is 9.89. The molecule has 0 aliphatic heterocycles. The summed E-state index contributed by atoms with van der Waals surface area (Å²) in [6.07, 6.45) is -1.12. The Labute approximate surface area is 83.9 Å². The minimum absolute atomic E-state index is 0.112. The minimum atomic E-state index is -2.32. The van der Waals surface area contributed by atoms with Gasteiger partial charge in [0.2, 0.25) is 0 Å². The zero-order valence-corrected chi connectivity index (χ0v) is 9.00. The molecule has 1 saturated carbocycles. The molecule has 1 fully saturated rings. The molecule has 0 amide bonds. The quantitative estimate of drug-likeness (QED) is 0.762. The molecule has 0 bridgehead atoms. The van der Waals surface area contributed by atoms with E-state index in [1.54, 1.807) is 11.9 Å². The molecule has 0 aromatic rings. The predicted molar refractivity (Wildman–Crippen MR) is 51.4 cm³/mol. The molecule has 0 spiro atoms. The van der Waals surface area contributed by atoms with Crippen molar-refractivity contribution in [3.05, 3.63) is 0 Å². The van der Waals surface area contributed by atoms with E-state index in [-0.39, 0.29) is 18.0 Å². The number of hydrogen-bond acceptors (Lipinski definition) is 2. The smallest absolute Gasteiger partial charge is 0.251 e. The van der Waals surface area contributed by atoms with Crippen LogP contribution in [-0.2, 0) is 0 Å². The van der Waals surface area contributed by atoms with Crippen molar-refractivity contribution in [3.63, 3.8) is 0 Å². The third-order valence-electron chi connectivity index (χ3n) is 3.24. The first-order chi connectivity index (χ1) is 6.34. The summed E-state index contributed by atoms with van der Waals surface area (Å²) in [6.45, 7) is 3.71. The molecule has 2 unspecified atom stereocenters. The van der Waals surface area contributed by atoms with Gasteiger partial charge in [-0.3, -0.25) is 4.90 Å². The molecule has 2 atom stereocenters. The summed E-state index contributed by atoms with van der Waals surface area (Å²) in [4.78, 5) is 1.57. The van der Waals surface area contributed by atoms with Crippen LogP contribution in [0.2, 0.25) is 0 Å². The third kappa shape index (κ3) is 2.42. The molecule has 1 N–H and O–H groups in total. The van der Waals surface area contributed by atoms with Crippen LogP contribution in [0.4, 0.5) is 8.78 Å². The van der Waals surface area contributed by atoms with Crippen molar-refractivity contribution in [2.75, 3.05) is 13.6 Å². The fourth-order valence-electron chi connectivity index (χ4n) is 2.16. The first kappa shape index (κ1) is 11.9. The van der Waals surface area contributed by atoms with E-state index in [2.05, 4.69) is 0 Å². The summed E-state index contributed by atoms with van der Waals surface area (Å²) in [5.74, 6) is 0. The molecule has 1 aliphatic carbocycles. The van der Waals surface area contributed by atoms with E-state index in [4.69, 9.17) is 0 Å². The molecule has 2 nitrogen and oxygen atoms in total. The van der Waals surface area contributed by atoms with Gasteiger partial charge in [0.1, 0.15) is 0 Å². The highest BCUT2D eigenvalue weighted by Gasteiger charge is 2.42.